The summed E-state index contributed by atoms with van der Waals surface area (Å²) in [5, 5.41) is 0.642. The third-order valence-corrected chi connectivity index (χ3v) is 4.53. The molecule has 1 unspecified atom stereocenters. The van der Waals surface area contributed by atoms with Crippen LogP contribution in [0.4, 0.5) is 10.1 Å². The first kappa shape index (κ1) is 17.6. The van der Waals surface area contributed by atoms with Gasteiger partial charge in [-0.15, -0.1) is 0 Å². The average Bonchev–Trinajstić information content (AvgIpc) is 2.61. The molecule has 5 nitrogen and oxygen atoms in total. The van der Waals surface area contributed by atoms with Gasteiger partial charge in [0.1, 0.15) is 11.4 Å². The van der Waals surface area contributed by atoms with E-state index < -0.39 is 5.97 Å². The molecular weight excluding hydrogens is 323 g/mol. The van der Waals surface area contributed by atoms with Crippen LogP contribution in [0.3, 0.4) is 0 Å². The van der Waals surface area contributed by atoms with Crippen LogP contribution in [0.15, 0.2) is 24.4 Å². The first-order valence-electron chi connectivity index (χ1n) is 8.63. The first-order chi connectivity index (χ1) is 12.1. The van der Waals surface area contributed by atoms with Crippen molar-refractivity contribution in [1.29, 1.82) is 0 Å². The number of nitrogens with zero attached hydrogens (tertiary/aromatic N) is 2. The number of hydrogen-bond donors (Lipinski definition) is 0. The Bertz CT molecular complexity index is 764. The van der Waals surface area contributed by atoms with Gasteiger partial charge in [0, 0.05) is 31.8 Å². The van der Waals surface area contributed by atoms with Gasteiger partial charge in [-0.2, -0.15) is 0 Å². The summed E-state index contributed by atoms with van der Waals surface area (Å²) < 4.78 is 24.4. The predicted molar refractivity (Wildman–Crippen MR) is 94.5 cm³/mol. The molecule has 1 aliphatic heterocycles. The minimum absolute atomic E-state index is 0.283. The van der Waals surface area contributed by atoms with Gasteiger partial charge in [-0.1, -0.05) is 0 Å². The normalized spacial score (nSPS) is 17.7. The van der Waals surface area contributed by atoms with Gasteiger partial charge < -0.3 is 14.4 Å². The molecule has 0 saturated carbocycles. The van der Waals surface area contributed by atoms with Gasteiger partial charge in [0.15, 0.2) is 0 Å². The van der Waals surface area contributed by atoms with Crippen molar-refractivity contribution in [2.45, 2.75) is 19.8 Å². The van der Waals surface area contributed by atoms with Crippen molar-refractivity contribution in [3.8, 4) is 0 Å². The second kappa shape index (κ2) is 7.78. The van der Waals surface area contributed by atoms with Gasteiger partial charge in [0.25, 0.3) is 0 Å². The highest BCUT2D eigenvalue weighted by Gasteiger charge is 2.26. The Balaban J connectivity index is 2.10. The molecule has 0 aliphatic carbocycles. The van der Waals surface area contributed by atoms with Crippen LogP contribution in [0.25, 0.3) is 10.9 Å². The zero-order chi connectivity index (χ0) is 17.8. The Morgan fingerprint density at radius 2 is 2.28 bits per heavy atom. The fourth-order valence-corrected chi connectivity index (χ4v) is 3.49. The molecule has 6 heteroatoms. The summed E-state index contributed by atoms with van der Waals surface area (Å²) in [6.45, 7) is 4.29. The molecule has 3 rings (SSSR count). The first-order valence-corrected chi connectivity index (χ1v) is 8.63. The minimum atomic E-state index is -0.426. The van der Waals surface area contributed by atoms with Crippen LogP contribution >= 0.6 is 0 Å². The number of halogens is 1. The number of carbonyl (C=O) groups is 1. The van der Waals surface area contributed by atoms with Crippen molar-refractivity contribution in [2.24, 2.45) is 5.92 Å². The lowest BCUT2D eigenvalue weighted by Crippen LogP contribution is -2.38. The Kier molecular flexibility index (Phi) is 5.48. The number of fused-ring (bicyclic) bond motifs is 1. The molecule has 2 heterocycles. The smallest absolute Gasteiger partial charge is 0.341 e. The van der Waals surface area contributed by atoms with Crippen molar-refractivity contribution in [1.82, 2.24) is 4.98 Å². The number of methoxy groups -OCH3 is 1. The molecule has 2 aromatic rings. The van der Waals surface area contributed by atoms with Gasteiger partial charge in [0.2, 0.25) is 0 Å². The van der Waals surface area contributed by atoms with E-state index in [0.717, 1.165) is 25.9 Å². The van der Waals surface area contributed by atoms with E-state index in [0.29, 0.717) is 34.7 Å². The van der Waals surface area contributed by atoms with Crippen LogP contribution in [-0.4, -0.2) is 44.4 Å². The average molecular weight is 346 g/mol. The van der Waals surface area contributed by atoms with E-state index in [-0.39, 0.29) is 12.4 Å². The summed E-state index contributed by atoms with van der Waals surface area (Å²) in [5.41, 5.74) is 1.76. The highest BCUT2D eigenvalue weighted by molar-refractivity contribution is 6.05. The number of aromatic nitrogens is 1. The van der Waals surface area contributed by atoms with Crippen molar-refractivity contribution in [3.63, 3.8) is 0 Å². The number of anilines is 1. The standard InChI is InChI=1S/C19H23FN2O3/c1-3-25-19(23)16-10-21-17-7-6-14(20)9-15(17)18(16)22-8-4-5-13(11-22)12-24-2/h6-7,9-10,13H,3-5,8,11-12H2,1-2H3. The zero-order valence-corrected chi connectivity index (χ0v) is 14.6. The van der Waals surface area contributed by atoms with E-state index in [9.17, 15) is 9.18 Å². The number of ether oxygens (including phenoxy) is 2. The van der Waals surface area contributed by atoms with Crippen LogP contribution in [0, 0.1) is 11.7 Å². The Morgan fingerprint density at radius 1 is 1.44 bits per heavy atom. The van der Waals surface area contributed by atoms with Crippen molar-refractivity contribution >= 4 is 22.6 Å². The van der Waals surface area contributed by atoms with E-state index in [4.69, 9.17) is 9.47 Å². The zero-order valence-electron chi connectivity index (χ0n) is 14.6. The lowest BCUT2D eigenvalue weighted by Gasteiger charge is -2.35. The quantitative estimate of drug-likeness (QED) is 0.777. The fraction of sp³-hybridized carbons (Fsp3) is 0.474. The summed E-state index contributed by atoms with van der Waals surface area (Å²) >= 11 is 0. The van der Waals surface area contributed by atoms with Crippen molar-refractivity contribution < 1.29 is 18.7 Å². The largest absolute Gasteiger partial charge is 0.462 e. The maximum atomic E-state index is 13.9. The molecule has 0 N–H and O–H groups in total. The topological polar surface area (TPSA) is 51.7 Å². The van der Waals surface area contributed by atoms with Gasteiger partial charge in [0.05, 0.1) is 24.4 Å². The summed E-state index contributed by atoms with van der Waals surface area (Å²) in [7, 11) is 1.69. The molecular formula is C19H23FN2O3. The second-order valence-electron chi connectivity index (χ2n) is 6.31. The van der Waals surface area contributed by atoms with Gasteiger partial charge in [-0.25, -0.2) is 9.18 Å². The lowest BCUT2D eigenvalue weighted by molar-refractivity contribution is 0.0526. The third kappa shape index (κ3) is 3.74. The third-order valence-electron chi connectivity index (χ3n) is 4.53. The van der Waals surface area contributed by atoms with Crippen LogP contribution in [0.1, 0.15) is 30.1 Å². The number of hydrogen-bond acceptors (Lipinski definition) is 5. The number of piperidine rings is 1. The molecule has 1 aromatic carbocycles. The van der Waals surface area contributed by atoms with E-state index in [2.05, 4.69) is 9.88 Å². The molecule has 0 radical (unpaired) electrons. The Labute approximate surface area is 146 Å². The highest BCUT2D eigenvalue weighted by Crippen LogP contribution is 2.33. The Morgan fingerprint density at radius 3 is 3.04 bits per heavy atom. The van der Waals surface area contributed by atoms with Crippen LogP contribution in [-0.2, 0) is 9.47 Å². The number of rotatable bonds is 5. The van der Waals surface area contributed by atoms with E-state index in [1.165, 1.54) is 18.3 Å². The molecule has 1 saturated heterocycles. The predicted octanol–water partition coefficient (Wildman–Crippen LogP) is 3.41. The van der Waals surface area contributed by atoms with Crippen LogP contribution in [0.5, 0.6) is 0 Å². The number of benzene rings is 1. The summed E-state index contributed by atoms with van der Waals surface area (Å²) in [5.74, 6) is -0.391. The van der Waals surface area contributed by atoms with Crippen molar-refractivity contribution in [2.75, 3.05) is 38.3 Å². The van der Waals surface area contributed by atoms with E-state index >= 15 is 0 Å². The molecule has 1 aliphatic rings. The van der Waals surface area contributed by atoms with Gasteiger partial charge in [-0.05, 0) is 43.9 Å². The molecule has 0 spiro atoms. The second-order valence-corrected chi connectivity index (χ2v) is 6.31. The fourth-order valence-electron chi connectivity index (χ4n) is 3.49. The molecule has 1 atom stereocenters. The van der Waals surface area contributed by atoms with Crippen molar-refractivity contribution in [3.05, 3.63) is 35.8 Å². The maximum Gasteiger partial charge on any atom is 0.341 e. The van der Waals surface area contributed by atoms with E-state index in [1.54, 1.807) is 20.1 Å². The van der Waals surface area contributed by atoms with Crippen LogP contribution in [0.2, 0.25) is 0 Å². The summed E-state index contributed by atoms with van der Waals surface area (Å²) in [6.07, 6.45) is 3.61. The molecule has 0 bridgehead atoms. The van der Waals surface area contributed by atoms with E-state index in [1.807, 2.05) is 0 Å². The monoisotopic (exact) mass is 346 g/mol. The van der Waals surface area contributed by atoms with Crippen LogP contribution < -0.4 is 4.90 Å². The van der Waals surface area contributed by atoms with Gasteiger partial charge >= 0.3 is 5.97 Å². The van der Waals surface area contributed by atoms with Gasteiger partial charge in [-0.3, -0.25) is 4.98 Å². The lowest BCUT2D eigenvalue weighted by atomic mass is 9.97. The molecule has 134 valence electrons. The number of carbonyl (C=O) groups excluding carboxylic acids is 1. The molecule has 0 amide bonds. The summed E-state index contributed by atoms with van der Waals surface area (Å²) in [6, 6.07) is 4.47. The number of pyridine rings is 1. The number of esters is 1. The minimum Gasteiger partial charge on any atom is -0.462 e. The summed E-state index contributed by atoms with van der Waals surface area (Å²) in [4.78, 5) is 18.9. The highest BCUT2D eigenvalue weighted by atomic mass is 19.1. The Hall–Kier alpha value is -2.21. The molecule has 1 fully saturated rings. The SMILES string of the molecule is CCOC(=O)c1cnc2ccc(F)cc2c1N1CCCC(COC)C1. The maximum absolute atomic E-state index is 13.9. The molecule has 25 heavy (non-hydrogen) atoms. The molecule has 1 aromatic heterocycles.